The van der Waals surface area contributed by atoms with Crippen LogP contribution in [0.15, 0.2) is 43.9 Å². The molecule has 1 atom stereocenters. The highest BCUT2D eigenvalue weighted by Gasteiger charge is 2.22. The second-order valence-electron chi connectivity index (χ2n) is 4.19. The Balaban J connectivity index is 2.42. The summed E-state index contributed by atoms with van der Waals surface area (Å²) in [6.07, 6.45) is 2.56. The maximum Gasteiger partial charge on any atom is 0.139 e. The zero-order chi connectivity index (χ0) is 13.8. The standard InChI is InChI=1S/C14H14Br2FNO/c1-2-6-18-13(14-11(16)5-7-19-14)10-8-9(15)3-4-12(10)17/h3-5,7-8,13,18H,2,6H2,1H3. The van der Waals surface area contributed by atoms with Gasteiger partial charge in [0.05, 0.1) is 16.8 Å². The van der Waals surface area contributed by atoms with Crippen molar-refractivity contribution in [2.45, 2.75) is 19.4 Å². The van der Waals surface area contributed by atoms with E-state index in [0.717, 1.165) is 21.9 Å². The van der Waals surface area contributed by atoms with Gasteiger partial charge in [0.25, 0.3) is 0 Å². The molecule has 1 aromatic heterocycles. The Kier molecular flexibility index (Phi) is 5.19. The molecule has 2 nitrogen and oxygen atoms in total. The van der Waals surface area contributed by atoms with Gasteiger partial charge in [-0.2, -0.15) is 0 Å². The molecule has 0 radical (unpaired) electrons. The third kappa shape index (κ3) is 3.46. The van der Waals surface area contributed by atoms with Gasteiger partial charge in [-0.3, -0.25) is 0 Å². The van der Waals surface area contributed by atoms with Crippen molar-refractivity contribution in [1.82, 2.24) is 5.32 Å². The lowest BCUT2D eigenvalue weighted by Gasteiger charge is -2.18. The maximum atomic E-state index is 14.1. The number of nitrogens with one attached hydrogen (secondary N) is 1. The molecule has 0 aliphatic rings. The lowest BCUT2D eigenvalue weighted by molar-refractivity contribution is 0.434. The molecule has 1 N–H and O–H groups in total. The van der Waals surface area contributed by atoms with Crippen LogP contribution in [0.25, 0.3) is 0 Å². The van der Waals surface area contributed by atoms with Crippen LogP contribution in [0.4, 0.5) is 4.39 Å². The second-order valence-corrected chi connectivity index (χ2v) is 5.96. The SMILES string of the molecule is CCCNC(c1cc(Br)ccc1F)c1occc1Br. The van der Waals surface area contributed by atoms with E-state index in [1.54, 1.807) is 18.4 Å². The van der Waals surface area contributed by atoms with Gasteiger partial charge in [0.2, 0.25) is 0 Å². The Labute approximate surface area is 128 Å². The first-order valence-electron chi connectivity index (χ1n) is 6.04. The largest absolute Gasteiger partial charge is 0.466 e. The van der Waals surface area contributed by atoms with Gasteiger partial charge >= 0.3 is 0 Å². The summed E-state index contributed by atoms with van der Waals surface area (Å²) >= 11 is 6.81. The van der Waals surface area contributed by atoms with E-state index in [9.17, 15) is 4.39 Å². The molecular weight excluding hydrogens is 377 g/mol. The van der Waals surface area contributed by atoms with Crippen molar-refractivity contribution in [3.05, 3.63) is 56.6 Å². The van der Waals surface area contributed by atoms with Crippen molar-refractivity contribution in [3.63, 3.8) is 0 Å². The summed E-state index contributed by atoms with van der Waals surface area (Å²) in [7, 11) is 0. The Hall–Kier alpha value is -0.650. The van der Waals surface area contributed by atoms with Crippen molar-refractivity contribution in [2.75, 3.05) is 6.54 Å². The molecule has 0 amide bonds. The van der Waals surface area contributed by atoms with Crippen LogP contribution in [0.3, 0.4) is 0 Å². The van der Waals surface area contributed by atoms with Crippen LogP contribution in [0.5, 0.6) is 0 Å². The van der Waals surface area contributed by atoms with E-state index in [0.29, 0.717) is 11.3 Å². The zero-order valence-corrected chi connectivity index (χ0v) is 13.6. The molecule has 1 heterocycles. The van der Waals surface area contributed by atoms with Crippen LogP contribution in [0.2, 0.25) is 0 Å². The minimum atomic E-state index is -0.304. The van der Waals surface area contributed by atoms with Gasteiger partial charge < -0.3 is 9.73 Å². The molecule has 5 heteroatoms. The zero-order valence-electron chi connectivity index (χ0n) is 10.4. The Morgan fingerprint density at radius 1 is 1.32 bits per heavy atom. The van der Waals surface area contributed by atoms with E-state index in [1.165, 1.54) is 6.07 Å². The highest BCUT2D eigenvalue weighted by molar-refractivity contribution is 9.10. The quantitative estimate of drug-likeness (QED) is 0.774. The third-order valence-corrected chi connectivity index (χ3v) is 3.92. The summed E-state index contributed by atoms with van der Waals surface area (Å²) < 4.78 is 21.2. The summed E-state index contributed by atoms with van der Waals surface area (Å²) in [5, 5.41) is 3.31. The molecule has 0 fully saturated rings. The fourth-order valence-corrected chi connectivity index (χ4v) is 2.69. The fraction of sp³-hybridized carbons (Fsp3) is 0.286. The van der Waals surface area contributed by atoms with E-state index >= 15 is 0 Å². The van der Waals surface area contributed by atoms with Crippen molar-refractivity contribution >= 4 is 31.9 Å². The van der Waals surface area contributed by atoms with E-state index in [1.807, 2.05) is 6.07 Å². The highest BCUT2D eigenvalue weighted by Crippen LogP contribution is 2.32. The van der Waals surface area contributed by atoms with Gasteiger partial charge in [-0.25, -0.2) is 4.39 Å². The number of halogens is 3. The molecule has 2 rings (SSSR count). The Bertz CT molecular complexity index is 556. The molecule has 1 aromatic carbocycles. The fourth-order valence-electron chi connectivity index (χ4n) is 1.88. The average molecular weight is 391 g/mol. The van der Waals surface area contributed by atoms with Crippen molar-refractivity contribution < 1.29 is 8.81 Å². The van der Waals surface area contributed by atoms with Crippen LogP contribution in [-0.2, 0) is 0 Å². The predicted molar refractivity (Wildman–Crippen MR) is 80.6 cm³/mol. The first-order chi connectivity index (χ1) is 9.13. The average Bonchev–Trinajstić information content (AvgIpc) is 2.80. The Morgan fingerprint density at radius 3 is 2.74 bits per heavy atom. The van der Waals surface area contributed by atoms with Gasteiger partial charge in [-0.05, 0) is 53.2 Å². The van der Waals surface area contributed by atoms with Crippen molar-refractivity contribution in [1.29, 1.82) is 0 Å². The molecule has 1 unspecified atom stereocenters. The lowest BCUT2D eigenvalue weighted by atomic mass is 10.0. The molecule has 0 spiro atoms. The molecule has 102 valence electrons. The molecule has 19 heavy (non-hydrogen) atoms. The molecule has 0 saturated carbocycles. The topological polar surface area (TPSA) is 25.2 Å². The summed E-state index contributed by atoms with van der Waals surface area (Å²) in [5.74, 6) is 0.436. The maximum absolute atomic E-state index is 14.1. The van der Waals surface area contributed by atoms with Crippen LogP contribution < -0.4 is 5.32 Å². The number of hydrogen-bond donors (Lipinski definition) is 1. The molecular formula is C14H14Br2FNO. The first kappa shape index (κ1) is 14.8. The third-order valence-electron chi connectivity index (χ3n) is 2.77. The summed E-state index contributed by atoms with van der Waals surface area (Å²) in [6, 6.07) is 6.43. The van der Waals surface area contributed by atoms with Crippen molar-refractivity contribution in [3.8, 4) is 0 Å². The number of furan rings is 1. The van der Waals surface area contributed by atoms with Gasteiger partial charge in [0.15, 0.2) is 0 Å². The molecule has 0 aliphatic carbocycles. The smallest absolute Gasteiger partial charge is 0.139 e. The number of hydrogen-bond acceptors (Lipinski definition) is 2. The van der Waals surface area contributed by atoms with Gasteiger partial charge in [-0.1, -0.05) is 22.9 Å². The van der Waals surface area contributed by atoms with Crippen LogP contribution in [0.1, 0.15) is 30.7 Å². The molecule has 0 aliphatic heterocycles. The van der Waals surface area contributed by atoms with E-state index in [4.69, 9.17) is 4.42 Å². The monoisotopic (exact) mass is 389 g/mol. The summed E-state index contributed by atoms with van der Waals surface area (Å²) in [6.45, 7) is 2.85. The molecule has 0 bridgehead atoms. The van der Waals surface area contributed by atoms with Crippen LogP contribution in [-0.4, -0.2) is 6.54 Å². The van der Waals surface area contributed by atoms with Crippen molar-refractivity contribution in [2.24, 2.45) is 0 Å². The van der Waals surface area contributed by atoms with Gasteiger partial charge in [0.1, 0.15) is 11.6 Å². The van der Waals surface area contributed by atoms with Gasteiger partial charge in [0, 0.05) is 10.0 Å². The summed E-state index contributed by atoms with van der Waals surface area (Å²) in [5.41, 5.74) is 0.568. The second kappa shape index (κ2) is 6.68. The minimum absolute atomic E-state index is 0.250. The normalized spacial score (nSPS) is 12.6. The van der Waals surface area contributed by atoms with Gasteiger partial charge in [-0.15, -0.1) is 0 Å². The van der Waals surface area contributed by atoms with E-state index in [2.05, 4.69) is 44.1 Å². The summed E-state index contributed by atoms with van der Waals surface area (Å²) in [4.78, 5) is 0. The molecule has 0 saturated heterocycles. The number of benzene rings is 1. The first-order valence-corrected chi connectivity index (χ1v) is 7.63. The predicted octanol–water partition coefficient (Wildman–Crippen LogP) is 5.03. The van der Waals surface area contributed by atoms with Crippen LogP contribution in [0, 0.1) is 5.82 Å². The Morgan fingerprint density at radius 2 is 2.11 bits per heavy atom. The number of rotatable bonds is 5. The van der Waals surface area contributed by atoms with E-state index in [-0.39, 0.29) is 11.9 Å². The van der Waals surface area contributed by atoms with Crippen LogP contribution >= 0.6 is 31.9 Å². The highest BCUT2D eigenvalue weighted by atomic mass is 79.9. The minimum Gasteiger partial charge on any atom is -0.466 e. The van der Waals surface area contributed by atoms with E-state index < -0.39 is 0 Å². The lowest BCUT2D eigenvalue weighted by Crippen LogP contribution is -2.24. The molecule has 2 aromatic rings.